The molecule has 2 aromatic carbocycles. The van der Waals surface area contributed by atoms with Gasteiger partial charge in [-0.1, -0.05) is 18.2 Å². The fourth-order valence-corrected chi connectivity index (χ4v) is 3.00. The quantitative estimate of drug-likeness (QED) is 0.764. The molecule has 0 aromatic heterocycles. The first-order chi connectivity index (χ1) is 9.70. The predicted molar refractivity (Wildman–Crippen MR) is 82.3 cm³/mol. The van der Waals surface area contributed by atoms with E-state index < -0.39 is 0 Å². The van der Waals surface area contributed by atoms with Crippen LogP contribution in [-0.4, -0.2) is 6.04 Å². The van der Waals surface area contributed by atoms with Gasteiger partial charge in [-0.3, -0.25) is 0 Å². The van der Waals surface area contributed by atoms with Crippen molar-refractivity contribution in [2.75, 3.05) is 4.90 Å². The van der Waals surface area contributed by atoms with Crippen molar-refractivity contribution in [2.45, 2.75) is 32.7 Å². The number of nitrogens with zero attached hydrogens (tertiary/aromatic N) is 2. The number of hydrogen-bond donors (Lipinski definition) is 0. The summed E-state index contributed by atoms with van der Waals surface area (Å²) in [5.74, 6) is 0. The van der Waals surface area contributed by atoms with Crippen molar-refractivity contribution in [1.29, 1.82) is 5.26 Å². The van der Waals surface area contributed by atoms with Crippen molar-refractivity contribution < 1.29 is 0 Å². The van der Waals surface area contributed by atoms with E-state index in [-0.39, 0.29) is 0 Å². The Kier molecular flexibility index (Phi) is 3.20. The number of rotatable bonds is 1. The normalized spacial score (nSPS) is 17.4. The summed E-state index contributed by atoms with van der Waals surface area (Å²) in [6, 6.07) is 17.4. The van der Waals surface area contributed by atoms with Crippen LogP contribution in [0.4, 0.5) is 11.4 Å². The van der Waals surface area contributed by atoms with Gasteiger partial charge in [0.05, 0.1) is 11.6 Å². The van der Waals surface area contributed by atoms with Crippen LogP contribution in [0.1, 0.15) is 30.0 Å². The van der Waals surface area contributed by atoms with E-state index in [2.05, 4.69) is 54.3 Å². The molecule has 0 spiro atoms. The summed E-state index contributed by atoms with van der Waals surface area (Å²) in [6.45, 7) is 4.27. The molecule has 0 saturated carbocycles. The molecule has 0 saturated heterocycles. The second-order valence-corrected chi connectivity index (χ2v) is 5.50. The molecule has 0 aliphatic carbocycles. The standard InChI is InChI=1S/C18H18N2/c1-13-11-17(10-9-16(13)12-19)20-14(2)7-8-15-5-3-4-6-18(15)20/h3-6,9-11,14H,7-8H2,1-2H3. The van der Waals surface area contributed by atoms with Gasteiger partial charge in [0.25, 0.3) is 0 Å². The Bertz CT molecular complexity index is 682. The lowest BCUT2D eigenvalue weighted by Gasteiger charge is -2.37. The summed E-state index contributed by atoms with van der Waals surface area (Å²) >= 11 is 0. The summed E-state index contributed by atoms with van der Waals surface area (Å²) in [4.78, 5) is 2.40. The highest BCUT2D eigenvalue weighted by atomic mass is 15.2. The lowest BCUT2D eigenvalue weighted by Crippen LogP contribution is -2.33. The minimum Gasteiger partial charge on any atom is -0.338 e. The molecule has 2 heteroatoms. The SMILES string of the molecule is Cc1cc(N2c3ccccc3CCC2C)ccc1C#N. The van der Waals surface area contributed by atoms with Gasteiger partial charge in [-0.25, -0.2) is 0 Å². The number of fused-ring (bicyclic) bond motifs is 1. The summed E-state index contributed by atoms with van der Waals surface area (Å²) < 4.78 is 0. The zero-order chi connectivity index (χ0) is 14.1. The molecule has 0 bridgehead atoms. The molecule has 100 valence electrons. The highest BCUT2D eigenvalue weighted by Crippen LogP contribution is 2.37. The van der Waals surface area contributed by atoms with Crippen molar-refractivity contribution in [3.63, 3.8) is 0 Å². The Morgan fingerprint density at radius 2 is 2.00 bits per heavy atom. The molecule has 0 fully saturated rings. The van der Waals surface area contributed by atoms with Gasteiger partial charge in [0, 0.05) is 17.4 Å². The van der Waals surface area contributed by atoms with Crippen molar-refractivity contribution in [2.24, 2.45) is 0 Å². The van der Waals surface area contributed by atoms with Gasteiger partial charge in [0.15, 0.2) is 0 Å². The van der Waals surface area contributed by atoms with Crippen molar-refractivity contribution in [3.05, 3.63) is 59.2 Å². The minimum atomic E-state index is 0.484. The molecule has 20 heavy (non-hydrogen) atoms. The number of benzene rings is 2. The lowest BCUT2D eigenvalue weighted by atomic mass is 9.95. The molecule has 1 aliphatic heterocycles. The molecule has 1 atom stereocenters. The van der Waals surface area contributed by atoms with E-state index in [1.54, 1.807) is 0 Å². The number of para-hydroxylation sites is 1. The van der Waals surface area contributed by atoms with Gasteiger partial charge < -0.3 is 4.90 Å². The van der Waals surface area contributed by atoms with E-state index >= 15 is 0 Å². The van der Waals surface area contributed by atoms with Crippen LogP contribution < -0.4 is 4.90 Å². The van der Waals surface area contributed by atoms with Gasteiger partial charge in [0.2, 0.25) is 0 Å². The lowest BCUT2D eigenvalue weighted by molar-refractivity contribution is 0.618. The fraction of sp³-hybridized carbons (Fsp3) is 0.278. The van der Waals surface area contributed by atoms with Crippen molar-refractivity contribution in [1.82, 2.24) is 0 Å². The van der Waals surface area contributed by atoms with Crippen LogP contribution in [0.2, 0.25) is 0 Å². The number of anilines is 2. The van der Waals surface area contributed by atoms with Gasteiger partial charge in [0.1, 0.15) is 0 Å². The monoisotopic (exact) mass is 262 g/mol. The largest absolute Gasteiger partial charge is 0.338 e. The molecule has 1 unspecified atom stereocenters. The Morgan fingerprint density at radius 1 is 1.20 bits per heavy atom. The first-order valence-electron chi connectivity index (χ1n) is 7.08. The molecule has 2 nitrogen and oxygen atoms in total. The van der Waals surface area contributed by atoms with Crippen LogP contribution in [-0.2, 0) is 6.42 Å². The van der Waals surface area contributed by atoms with Crippen LogP contribution in [0.3, 0.4) is 0 Å². The molecule has 0 radical (unpaired) electrons. The summed E-state index contributed by atoms with van der Waals surface area (Å²) in [7, 11) is 0. The molecular formula is C18H18N2. The Hall–Kier alpha value is -2.27. The van der Waals surface area contributed by atoms with Crippen LogP contribution in [0.5, 0.6) is 0 Å². The maximum Gasteiger partial charge on any atom is 0.0994 e. The molecular weight excluding hydrogens is 244 g/mol. The van der Waals surface area contributed by atoms with E-state index in [4.69, 9.17) is 5.26 Å². The highest BCUT2D eigenvalue weighted by Gasteiger charge is 2.24. The van der Waals surface area contributed by atoms with E-state index in [1.807, 2.05) is 13.0 Å². The van der Waals surface area contributed by atoms with Gasteiger partial charge >= 0.3 is 0 Å². The maximum absolute atomic E-state index is 9.07. The van der Waals surface area contributed by atoms with Crippen LogP contribution in [0, 0.1) is 18.3 Å². The van der Waals surface area contributed by atoms with Crippen LogP contribution in [0.15, 0.2) is 42.5 Å². The third kappa shape index (κ3) is 2.06. The molecule has 0 amide bonds. The highest BCUT2D eigenvalue weighted by molar-refractivity contribution is 5.70. The zero-order valence-electron chi connectivity index (χ0n) is 11.9. The molecule has 0 N–H and O–H groups in total. The number of hydrogen-bond acceptors (Lipinski definition) is 2. The summed E-state index contributed by atoms with van der Waals surface area (Å²) in [5, 5.41) is 9.07. The minimum absolute atomic E-state index is 0.484. The second kappa shape index (κ2) is 5.02. The molecule has 1 aliphatic rings. The maximum atomic E-state index is 9.07. The van der Waals surface area contributed by atoms with Gasteiger partial charge in [-0.05, 0) is 62.1 Å². The smallest absolute Gasteiger partial charge is 0.0994 e. The Morgan fingerprint density at radius 3 is 2.75 bits per heavy atom. The predicted octanol–water partition coefficient (Wildman–Crippen LogP) is 4.34. The van der Waals surface area contributed by atoms with Crippen LogP contribution in [0.25, 0.3) is 0 Å². The average Bonchev–Trinajstić information content (AvgIpc) is 2.47. The van der Waals surface area contributed by atoms with E-state index in [0.29, 0.717) is 6.04 Å². The van der Waals surface area contributed by atoms with Crippen molar-refractivity contribution >= 4 is 11.4 Å². The van der Waals surface area contributed by atoms with Crippen LogP contribution >= 0.6 is 0 Å². The van der Waals surface area contributed by atoms with E-state index in [9.17, 15) is 0 Å². The molecule has 1 heterocycles. The average molecular weight is 262 g/mol. The van der Waals surface area contributed by atoms with Gasteiger partial charge in [-0.2, -0.15) is 5.26 Å². The third-order valence-corrected chi connectivity index (χ3v) is 4.13. The topological polar surface area (TPSA) is 27.0 Å². The first-order valence-corrected chi connectivity index (χ1v) is 7.08. The third-order valence-electron chi connectivity index (χ3n) is 4.13. The number of nitriles is 1. The Balaban J connectivity index is 2.10. The number of aryl methyl sites for hydroxylation is 2. The first kappa shape index (κ1) is 12.7. The van der Waals surface area contributed by atoms with E-state index in [0.717, 1.165) is 24.0 Å². The molecule has 2 aromatic rings. The zero-order valence-corrected chi connectivity index (χ0v) is 11.9. The molecule has 3 rings (SSSR count). The second-order valence-electron chi connectivity index (χ2n) is 5.50. The fourth-order valence-electron chi connectivity index (χ4n) is 3.00. The van der Waals surface area contributed by atoms with Gasteiger partial charge in [-0.15, -0.1) is 0 Å². The van der Waals surface area contributed by atoms with E-state index in [1.165, 1.54) is 16.9 Å². The summed E-state index contributed by atoms with van der Waals surface area (Å²) in [5.41, 5.74) is 5.69. The Labute approximate surface area is 120 Å². The van der Waals surface area contributed by atoms with Crippen molar-refractivity contribution in [3.8, 4) is 6.07 Å². The summed E-state index contributed by atoms with van der Waals surface area (Å²) in [6.07, 6.45) is 2.30.